The Morgan fingerprint density at radius 2 is 2.05 bits per heavy atom. The maximum atomic E-state index is 12.3. The van der Waals surface area contributed by atoms with Crippen molar-refractivity contribution in [1.82, 2.24) is 9.80 Å². The highest BCUT2D eigenvalue weighted by Crippen LogP contribution is 2.24. The molecule has 0 N–H and O–H groups in total. The zero-order chi connectivity index (χ0) is 14.5. The lowest BCUT2D eigenvalue weighted by molar-refractivity contribution is -0.140. The van der Waals surface area contributed by atoms with Gasteiger partial charge in [0.05, 0.1) is 11.6 Å². The minimum absolute atomic E-state index is 0.00746. The van der Waals surface area contributed by atoms with Gasteiger partial charge in [-0.15, -0.1) is 23.5 Å². The Bertz CT molecular complexity index is 479. The number of amides is 2. The summed E-state index contributed by atoms with van der Waals surface area (Å²) in [5.74, 6) is 1.72. The van der Waals surface area contributed by atoms with Gasteiger partial charge in [-0.1, -0.05) is 18.2 Å². The molecule has 0 bridgehead atoms. The van der Waals surface area contributed by atoms with E-state index in [0.717, 1.165) is 4.90 Å². The summed E-state index contributed by atoms with van der Waals surface area (Å²) in [6, 6.07) is 9.53. The molecule has 1 aliphatic rings. The third-order valence-electron chi connectivity index (χ3n) is 3.03. The monoisotopic (exact) mass is 310 g/mol. The average molecular weight is 310 g/mol. The Morgan fingerprint density at radius 1 is 1.35 bits per heavy atom. The van der Waals surface area contributed by atoms with Crippen LogP contribution in [-0.2, 0) is 9.59 Å². The second kappa shape index (κ2) is 7.04. The molecular weight excluding hydrogens is 292 g/mol. The van der Waals surface area contributed by atoms with E-state index in [9.17, 15) is 9.59 Å². The minimum atomic E-state index is -0.307. The maximum absolute atomic E-state index is 12.3. The van der Waals surface area contributed by atoms with Crippen LogP contribution in [0.3, 0.4) is 0 Å². The maximum Gasteiger partial charge on any atom is 0.245 e. The zero-order valence-corrected chi connectivity index (χ0v) is 13.2. The topological polar surface area (TPSA) is 40.6 Å². The number of hydrogen-bond acceptors (Lipinski definition) is 4. The molecule has 0 radical (unpaired) electrons. The molecule has 2 rings (SSSR count). The largest absolute Gasteiger partial charge is 0.347 e. The van der Waals surface area contributed by atoms with Gasteiger partial charge in [0.25, 0.3) is 0 Å². The van der Waals surface area contributed by atoms with Crippen LogP contribution in [0.15, 0.2) is 35.2 Å². The van der Waals surface area contributed by atoms with Crippen LogP contribution in [-0.4, -0.2) is 59.1 Å². The van der Waals surface area contributed by atoms with Gasteiger partial charge in [-0.2, -0.15) is 0 Å². The number of hydrogen-bond donors (Lipinski definition) is 0. The lowest BCUT2D eigenvalue weighted by Crippen LogP contribution is -2.47. The second-order valence-corrected chi connectivity index (χ2v) is 6.76. The van der Waals surface area contributed by atoms with E-state index in [4.69, 9.17) is 0 Å². The first-order chi connectivity index (χ1) is 9.59. The number of rotatable bonds is 4. The third-order valence-corrected chi connectivity index (χ3v) is 5.04. The molecule has 1 fully saturated rings. The van der Waals surface area contributed by atoms with Crippen LogP contribution in [0.4, 0.5) is 0 Å². The summed E-state index contributed by atoms with van der Waals surface area (Å²) in [4.78, 5) is 28.6. The molecule has 6 heteroatoms. The van der Waals surface area contributed by atoms with Crippen LogP contribution >= 0.6 is 23.5 Å². The smallest absolute Gasteiger partial charge is 0.245 e. The summed E-state index contributed by atoms with van der Waals surface area (Å²) in [5, 5.41) is 0. The number of likely N-dealkylation sites (N-methyl/N-ethyl adjacent to an activating group) is 1. The first-order valence-electron chi connectivity index (χ1n) is 6.36. The molecule has 0 saturated carbocycles. The van der Waals surface area contributed by atoms with Crippen LogP contribution in [0, 0.1) is 0 Å². The van der Waals surface area contributed by atoms with Gasteiger partial charge in [-0.3, -0.25) is 9.59 Å². The fraction of sp³-hybridized carbons (Fsp3) is 0.429. The first kappa shape index (κ1) is 15.3. The van der Waals surface area contributed by atoms with E-state index in [1.54, 1.807) is 35.7 Å². The van der Waals surface area contributed by atoms with Gasteiger partial charge in [0.1, 0.15) is 6.04 Å². The highest BCUT2D eigenvalue weighted by atomic mass is 32.2. The molecule has 108 valence electrons. The Labute approximate surface area is 127 Å². The molecular formula is C14H18N2O2S2. The van der Waals surface area contributed by atoms with E-state index in [0.29, 0.717) is 17.4 Å². The predicted octanol–water partition coefficient (Wildman–Crippen LogP) is 1.77. The molecule has 1 aromatic carbocycles. The van der Waals surface area contributed by atoms with Crippen LogP contribution < -0.4 is 0 Å². The van der Waals surface area contributed by atoms with Crippen molar-refractivity contribution in [2.24, 2.45) is 0 Å². The van der Waals surface area contributed by atoms with Crippen molar-refractivity contribution >= 4 is 35.3 Å². The lowest BCUT2D eigenvalue weighted by atomic mass is 10.2. The zero-order valence-electron chi connectivity index (χ0n) is 11.6. The van der Waals surface area contributed by atoms with Crippen LogP contribution in [0.5, 0.6) is 0 Å². The standard InChI is InChI=1S/C14H18N2O2S2/c1-15(2)14(18)12-8-19-10-16(12)13(17)9-20-11-6-4-3-5-7-11/h3-7,12H,8-10H2,1-2H3. The quantitative estimate of drug-likeness (QED) is 0.795. The van der Waals surface area contributed by atoms with Crippen molar-refractivity contribution in [1.29, 1.82) is 0 Å². The van der Waals surface area contributed by atoms with E-state index < -0.39 is 0 Å². The highest BCUT2D eigenvalue weighted by Gasteiger charge is 2.35. The number of carbonyl (C=O) groups excluding carboxylic acids is 2. The Morgan fingerprint density at radius 3 is 2.70 bits per heavy atom. The SMILES string of the molecule is CN(C)C(=O)C1CSCN1C(=O)CSc1ccccc1. The Kier molecular flexibility index (Phi) is 5.37. The van der Waals surface area contributed by atoms with Crippen LogP contribution in [0.2, 0.25) is 0 Å². The van der Waals surface area contributed by atoms with Crippen LogP contribution in [0.25, 0.3) is 0 Å². The van der Waals surface area contributed by atoms with Gasteiger partial charge in [0.2, 0.25) is 11.8 Å². The molecule has 0 spiro atoms. The van der Waals surface area contributed by atoms with E-state index in [2.05, 4.69) is 0 Å². The molecule has 2 amide bonds. The molecule has 1 unspecified atom stereocenters. The van der Waals surface area contributed by atoms with Crippen LogP contribution in [0.1, 0.15) is 0 Å². The van der Waals surface area contributed by atoms with Gasteiger partial charge < -0.3 is 9.80 Å². The molecule has 1 aromatic rings. The van der Waals surface area contributed by atoms with Crippen molar-refractivity contribution in [3.63, 3.8) is 0 Å². The van der Waals surface area contributed by atoms with Crippen molar-refractivity contribution in [2.45, 2.75) is 10.9 Å². The summed E-state index contributed by atoms with van der Waals surface area (Å²) in [7, 11) is 3.46. The van der Waals surface area contributed by atoms with Crippen molar-refractivity contribution < 1.29 is 9.59 Å². The van der Waals surface area contributed by atoms with E-state index in [1.807, 2.05) is 30.3 Å². The summed E-state index contributed by atoms with van der Waals surface area (Å²) in [5.41, 5.74) is 0. The van der Waals surface area contributed by atoms with Gasteiger partial charge >= 0.3 is 0 Å². The molecule has 0 aromatic heterocycles. The van der Waals surface area contributed by atoms with E-state index >= 15 is 0 Å². The summed E-state index contributed by atoms with van der Waals surface area (Å²) in [6.07, 6.45) is 0. The molecule has 4 nitrogen and oxygen atoms in total. The minimum Gasteiger partial charge on any atom is -0.347 e. The molecule has 1 heterocycles. The molecule has 20 heavy (non-hydrogen) atoms. The summed E-state index contributed by atoms with van der Waals surface area (Å²) < 4.78 is 0. The number of benzene rings is 1. The van der Waals surface area contributed by atoms with Crippen molar-refractivity contribution in [3.8, 4) is 0 Å². The fourth-order valence-corrected chi connectivity index (χ4v) is 3.91. The molecule has 1 saturated heterocycles. The third kappa shape index (κ3) is 3.70. The van der Waals surface area contributed by atoms with E-state index in [1.165, 1.54) is 11.8 Å². The van der Waals surface area contributed by atoms with Gasteiger partial charge in [0, 0.05) is 24.7 Å². The van der Waals surface area contributed by atoms with Gasteiger partial charge in [-0.25, -0.2) is 0 Å². The fourth-order valence-electron chi connectivity index (χ4n) is 1.94. The normalized spacial score (nSPS) is 18.1. The highest BCUT2D eigenvalue weighted by molar-refractivity contribution is 8.00. The van der Waals surface area contributed by atoms with E-state index in [-0.39, 0.29) is 17.9 Å². The molecule has 1 aliphatic heterocycles. The average Bonchev–Trinajstić information content (AvgIpc) is 2.94. The van der Waals surface area contributed by atoms with Crippen molar-refractivity contribution in [2.75, 3.05) is 31.5 Å². The molecule has 1 atom stereocenters. The summed E-state index contributed by atoms with van der Waals surface area (Å²) >= 11 is 3.15. The number of carbonyl (C=O) groups is 2. The van der Waals surface area contributed by atoms with Gasteiger partial charge in [-0.05, 0) is 12.1 Å². The first-order valence-corrected chi connectivity index (χ1v) is 8.50. The Hall–Kier alpha value is -1.14. The van der Waals surface area contributed by atoms with Gasteiger partial charge in [0.15, 0.2) is 0 Å². The Balaban J connectivity index is 1.93. The summed E-state index contributed by atoms with van der Waals surface area (Å²) in [6.45, 7) is 0. The number of nitrogens with zero attached hydrogens (tertiary/aromatic N) is 2. The lowest BCUT2D eigenvalue weighted by Gasteiger charge is -2.25. The second-order valence-electron chi connectivity index (χ2n) is 4.71. The van der Waals surface area contributed by atoms with Crippen molar-refractivity contribution in [3.05, 3.63) is 30.3 Å². The number of thioether (sulfide) groups is 2. The molecule has 0 aliphatic carbocycles. The predicted molar refractivity (Wildman–Crippen MR) is 83.8 cm³/mol.